The molecule has 0 spiro atoms. The summed E-state index contributed by atoms with van der Waals surface area (Å²) >= 11 is 0. The molecule has 0 aromatic heterocycles. The van der Waals surface area contributed by atoms with Crippen LogP contribution in [0.5, 0.6) is 0 Å². The molecule has 2 atom stereocenters. The lowest BCUT2D eigenvalue weighted by Gasteiger charge is -2.36. The summed E-state index contributed by atoms with van der Waals surface area (Å²) in [4.78, 5) is 24.1. The molecule has 0 radical (unpaired) electrons. The average Bonchev–Trinajstić information content (AvgIpc) is 3.15. The van der Waals surface area contributed by atoms with Crippen molar-refractivity contribution < 1.29 is 19.1 Å². The highest BCUT2D eigenvalue weighted by Crippen LogP contribution is 2.55. The van der Waals surface area contributed by atoms with Crippen LogP contribution in [0.3, 0.4) is 0 Å². The lowest BCUT2D eigenvalue weighted by atomic mass is 9.83. The van der Waals surface area contributed by atoms with E-state index in [2.05, 4.69) is 20.8 Å². The van der Waals surface area contributed by atoms with Gasteiger partial charge in [0.25, 0.3) is 0 Å². The predicted octanol–water partition coefficient (Wildman–Crippen LogP) is 4.26. The Morgan fingerprint density at radius 2 is 1.78 bits per heavy atom. The second kappa shape index (κ2) is 7.23. The normalized spacial score (nSPS) is 26.2. The van der Waals surface area contributed by atoms with Gasteiger partial charge in [-0.3, -0.25) is 9.59 Å². The van der Waals surface area contributed by atoms with E-state index in [9.17, 15) is 9.59 Å². The quantitative estimate of drug-likeness (QED) is 0.657. The van der Waals surface area contributed by atoms with Gasteiger partial charge in [-0.1, -0.05) is 34.1 Å². The molecular formula is C19H32O4. The Morgan fingerprint density at radius 3 is 2.30 bits per heavy atom. The van der Waals surface area contributed by atoms with Crippen LogP contribution in [0.1, 0.15) is 79.1 Å². The zero-order chi connectivity index (χ0) is 17.1. The first-order valence-electron chi connectivity index (χ1n) is 9.18. The molecule has 0 amide bonds. The molecule has 0 bridgehead atoms. The summed E-state index contributed by atoms with van der Waals surface area (Å²) < 4.78 is 11.0. The first-order chi connectivity index (χ1) is 10.8. The Balaban J connectivity index is 1.69. The summed E-state index contributed by atoms with van der Waals surface area (Å²) in [5, 5.41) is 0. The molecule has 2 rings (SSSR count). The highest BCUT2D eigenvalue weighted by Gasteiger charge is 2.51. The Morgan fingerprint density at radius 1 is 1.17 bits per heavy atom. The van der Waals surface area contributed by atoms with Crippen molar-refractivity contribution in [1.82, 2.24) is 0 Å². The van der Waals surface area contributed by atoms with Crippen molar-refractivity contribution in [3.63, 3.8) is 0 Å². The smallest absolute Gasteiger partial charge is 0.309 e. The maximum Gasteiger partial charge on any atom is 0.309 e. The predicted molar refractivity (Wildman–Crippen MR) is 88.8 cm³/mol. The molecule has 0 N–H and O–H groups in total. The number of rotatable bonds is 7. The van der Waals surface area contributed by atoms with E-state index in [1.54, 1.807) is 0 Å². The molecule has 132 valence electrons. The standard InChI is InChI=1S/C19H32O4/c1-5-19(10-7-6-8-11-19)23-16(20)9-12-22-17(21)14(2)15-13-18(15,3)4/h14-15H,5-13H2,1-4H3. The third-order valence-electron chi connectivity index (χ3n) is 5.85. The maximum absolute atomic E-state index is 12.1. The molecule has 2 unspecified atom stereocenters. The number of esters is 2. The van der Waals surface area contributed by atoms with Gasteiger partial charge in [-0.05, 0) is 49.9 Å². The molecule has 2 aliphatic rings. The van der Waals surface area contributed by atoms with Crippen molar-refractivity contribution in [2.45, 2.75) is 84.7 Å². The van der Waals surface area contributed by atoms with Crippen molar-refractivity contribution in [2.75, 3.05) is 6.61 Å². The number of hydrogen-bond acceptors (Lipinski definition) is 4. The SMILES string of the molecule is CCC1(OC(=O)CCOC(=O)C(C)C2CC2(C)C)CCCCC1. The van der Waals surface area contributed by atoms with E-state index in [4.69, 9.17) is 9.47 Å². The Hall–Kier alpha value is -1.06. The van der Waals surface area contributed by atoms with Gasteiger partial charge in [0.15, 0.2) is 0 Å². The van der Waals surface area contributed by atoms with Crippen LogP contribution in [0.15, 0.2) is 0 Å². The van der Waals surface area contributed by atoms with Gasteiger partial charge in [-0.15, -0.1) is 0 Å². The fourth-order valence-electron chi connectivity index (χ4n) is 3.91. The molecule has 0 aromatic carbocycles. The van der Waals surface area contributed by atoms with Gasteiger partial charge in [0.1, 0.15) is 12.2 Å². The maximum atomic E-state index is 12.1. The van der Waals surface area contributed by atoms with Crippen LogP contribution in [0.25, 0.3) is 0 Å². The lowest BCUT2D eigenvalue weighted by molar-refractivity contribution is -0.166. The van der Waals surface area contributed by atoms with Gasteiger partial charge in [0.05, 0.1) is 12.3 Å². The van der Waals surface area contributed by atoms with Gasteiger partial charge < -0.3 is 9.47 Å². The van der Waals surface area contributed by atoms with Gasteiger partial charge in [-0.2, -0.15) is 0 Å². The Labute approximate surface area is 140 Å². The number of carbonyl (C=O) groups is 2. The number of carbonyl (C=O) groups excluding carboxylic acids is 2. The average molecular weight is 324 g/mol. The lowest BCUT2D eigenvalue weighted by Crippen LogP contribution is -2.37. The van der Waals surface area contributed by atoms with Crippen LogP contribution in [0.2, 0.25) is 0 Å². The molecule has 2 fully saturated rings. The molecule has 4 heteroatoms. The molecule has 23 heavy (non-hydrogen) atoms. The number of ether oxygens (including phenoxy) is 2. The van der Waals surface area contributed by atoms with Crippen LogP contribution in [-0.2, 0) is 19.1 Å². The monoisotopic (exact) mass is 324 g/mol. The first-order valence-corrected chi connectivity index (χ1v) is 9.18. The summed E-state index contributed by atoms with van der Waals surface area (Å²) in [6, 6.07) is 0. The van der Waals surface area contributed by atoms with E-state index in [0.29, 0.717) is 5.92 Å². The van der Waals surface area contributed by atoms with E-state index in [-0.39, 0.29) is 41.9 Å². The molecule has 0 saturated heterocycles. The van der Waals surface area contributed by atoms with Crippen LogP contribution < -0.4 is 0 Å². The molecule has 2 aliphatic carbocycles. The van der Waals surface area contributed by atoms with Crippen molar-refractivity contribution in [3.8, 4) is 0 Å². The van der Waals surface area contributed by atoms with E-state index in [0.717, 1.165) is 38.5 Å². The summed E-state index contributed by atoms with van der Waals surface area (Å²) in [5.41, 5.74) is -0.0173. The summed E-state index contributed by atoms with van der Waals surface area (Å²) in [6.45, 7) is 8.49. The van der Waals surface area contributed by atoms with Crippen LogP contribution in [0.4, 0.5) is 0 Å². The summed E-state index contributed by atoms with van der Waals surface area (Å²) in [7, 11) is 0. The van der Waals surface area contributed by atoms with E-state index in [1.807, 2.05) is 6.92 Å². The third-order valence-corrected chi connectivity index (χ3v) is 5.85. The number of hydrogen-bond donors (Lipinski definition) is 0. The van der Waals surface area contributed by atoms with Crippen LogP contribution in [0, 0.1) is 17.3 Å². The van der Waals surface area contributed by atoms with Crippen molar-refractivity contribution in [1.29, 1.82) is 0 Å². The minimum atomic E-state index is -0.273. The van der Waals surface area contributed by atoms with E-state index >= 15 is 0 Å². The zero-order valence-electron chi connectivity index (χ0n) is 15.2. The molecule has 0 aromatic rings. The van der Waals surface area contributed by atoms with E-state index < -0.39 is 0 Å². The second-order valence-corrected chi connectivity index (χ2v) is 8.08. The third kappa shape index (κ3) is 4.71. The fraction of sp³-hybridized carbons (Fsp3) is 0.895. The van der Waals surface area contributed by atoms with E-state index in [1.165, 1.54) is 6.42 Å². The van der Waals surface area contributed by atoms with Gasteiger partial charge in [0.2, 0.25) is 0 Å². The minimum Gasteiger partial charge on any atom is -0.465 e. The van der Waals surface area contributed by atoms with Gasteiger partial charge in [0, 0.05) is 0 Å². The molecule has 0 aliphatic heterocycles. The van der Waals surface area contributed by atoms with Crippen LogP contribution in [-0.4, -0.2) is 24.1 Å². The molecular weight excluding hydrogens is 292 g/mol. The molecule has 2 saturated carbocycles. The highest BCUT2D eigenvalue weighted by atomic mass is 16.6. The molecule has 4 nitrogen and oxygen atoms in total. The van der Waals surface area contributed by atoms with Crippen molar-refractivity contribution in [3.05, 3.63) is 0 Å². The molecule has 0 heterocycles. The Kier molecular flexibility index (Phi) is 5.74. The van der Waals surface area contributed by atoms with Crippen molar-refractivity contribution in [2.24, 2.45) is 17.3 Å². The van der Waals surface area contributed by atoms with Gasteiger partial charge >= 0.3 is 11.9 Å². The topological polar surface area (TPSA) is 52.6 Å². The van der Waals surface area contributed by atoms with Crippen molar-refractivity contribution >= 4 is 11.9 Å². The highest BCUT2D eigenvalue weighted by molar-refractivity contribution is 5.74. The largest absolute Gasteiger partial charge is 0.465 e. The van der Waals surface area contributed by atoms with Gasteiger partial charge in [-0.25, -0.2) is 0 Å². The van der Waals surface area contributed by atoms with Crippen LogP contribution >= 0.6 is 0 Å². The summed E-state index contributed by atoms with van der Waals surface area (Å²) in [6.07, 6.45) is 7.51. The first kappa shape index (κ1) is 18.3. The fourth-order valence-corrected chi connectivity index (χ4v) is 3.91. The minimum absolute atomic E-state index is 0.0821. The summed E-state index contributed by atoms with van der Waals surface area (Å²) in [5.74, 6) is -0.0916. The second-order valence-electron chi connectivity index (χ2n) is 8.08. The zero-order valence-corrected chi connectivity index (χ0v) is 15.2. The Bertz CT molecular complexity index is 435.